The molecule has 1 aromatic heterocycles. The molecule has 5 nitrogen and oxygen atoms in total. The van der Waals surface area contributed by atoms with Gasteiger partial charge in [0.15, 0.2) is 0 Å². The number of benzene rings is 1. The van der Waals surface area contributed by atoms with Gasteiger partial charge in [0.2, 0.25) is 5.96 Å². The molecule has 3 N–H and O–H groups in total. The minimum Gasteiger partial charge on any atom is -0.324 e. The molecule has 100 valence electrons. The van der Waals surface area contributed by atoms with Gasteiger partial charge in [0, 0.05) is 10.6 Å². The molecule has 0 saturated heterocycles. The van der Waals surface area contributed by atoms with Gasteiger partial charge in [-0.25, -0.2) is 15.8 Å². The lowest BCUT2D eigenvalue weighted by atomic mass is 10.3. The number of nitrogens with two attached hydrogens (primary N) is 1. The van der Waals surface area contributed by atoms with E-state index in [4.69, 9.17) is 5.84 Å². The Kier molecular flexibility index (Phi) is 3.32. The van der Waals surface area contributed by atoms with Gasteiger partial charge in [-0.15, -0.1) is 11.3 Å². The van der Waals surface area contributed by atoms with Crippen LogP contribution in [0.1, 0.15) is 4.88 Å². The number of aliphatic imine (C=N–C) groups is 1. The Morgan fingerprint density at radius 3 is 2.70 bits per heavy atom. The number of nitrogens with zero attached hydrogens (tertiary/aromatic N) is 2. The molecule has 0 unspecified atom stereocenters. The number of rotatable bonds is 2. The minimum atomic E-state index is -0.322. The first-order valence-corrected chi connectivity index (χ1v) is 6.87. The number of nitrogens with one attached hydrogen (secondary N) is 1. The fraction of sp³-hybridized carbons (Fsp3) is 0. The number of carbonyl (C=O) groups is 1. The highest BCUT2D eigenvalue weighted by atomic mass is 32.1. The molecule has 1 aliphatic heterocycles. The van der Waals surface area contributed by atoms with Gasteiger partial charge in [0.25, 0.3) is 5.91 Å². The van der Waals surface area contributed by atoms with Crippen LogP contribution in [0.25, 0.3) is 6.08 Å². The second-order valence-corrected chi connectivity index (χ2v) is 5.13. The summed E-state index contributed by atoms with van der Waals surface area (Å²) < 4.78 is 0. The zero-order valence-electron chi connectivity index (χ0n) is 10.5. The van der Waals surface area contributed by atoms with E-state index in [2.05, 4.69) is 10.3 Å². The monoisotopic (exact) mass is 284 g/mol. The Balaban J connectivity index is 1.86. The number of carbonyl (C=O) groups excluding carboxylic acids is 1. The molecule has 0 atom stereocenters. The fourth-order valence-corrected chi connectivity index (χ4v) is 2.43. The molecule has 20 heavy (non-hydrogen) atoms. The average molecular weight is 284 g/mol. The van der Waals surface area contributed by atoms with Gasteiger partial charge in [0.1, 0.15) is 5.70 Å². The summed E-state index contributed by atoms with van der Waals surface area (Å²) in [5, 5.41) is 5.99. The van der Waals surface area contributed by atoms with Gasteiger partial charge in [-0.1, -0.05) is 24.3 Å². The van der Waals surface area contributed by atoms with Crippen molar-refractivity contribution < 1.29 is 4.79 Å². The SMILES string of the molecule is NN1C(=O)/C(=C/c2cccs2)N=C1Nc1ccccc1. The van der Waals surface area contributed by atoms with Crippen molar-refractivity contribution in [1.82, 2.24) is 5.01 Å². The number of hydrogen-bond acceptors (Lipinski definition) is 5. The highest BCUT2D eigenvalue weighted by Gasteiger charge is 2.28. The number of hydrazine groups is 1. The number of guanidine groups is 1. The standard InChI is InChI=1S/C14H12N4OS/c15-18-13(19)12(9-11-7-4-8-20-11)17-14(18)16-10-5-2-1-3-6-10/h1-9H,15H2,(H,16,17)/b12-9-. The van der Waals surface area contributed by atoms with Crippen LogP contribution in [0.4, 0.5) is 5.69 Å². The van der Waals surface area contributed by atoms with Crippen molar-refractivity contribution in [2.45, 2.75) is 0 Å². The van der Waals surface area contributed by atoms with E-state index in [0.717, 1.165) is 15.6 Å². The van der Waals surface area contributed by atoms with Gasteiger partial charge >= 0.3 is 0 Å². The third-order valence-corrected chi connectivity index (χ3v) is 3.56. The van der Waals surface area contributed by atoms with E-state index in [1.54, 1.807) is 17.4 Å². The van der Waals surface area contributed by atoms with Crippen LogP contribution in [-0.2, 0) is 4.79 Å². The molecule has 0 bridgehead atoms. The van der Waals surface area contributed by atoms with Gasteiger partial charge in [-0.2, -0.15) is 0 Å². The van der Waals surface area contributed by atoms with Gasteiger partial charge in [0.05, 0.1) is 0 Å². The summed E-state index contributed by atoms with van der Waals surface area (Å²) >= 11 is 1.54. The lowest BCUT2D eigenvalue weighted by Crippen LogP contribution is -2.42. The number of para-hydroxylation sites is 1. The number of amides is 1. The first-order chi connectivity index (χ1) is 9.74. The summed E-state index contributed by atoms with van der Waals surface area (Å²) in [6.07, 6.45) is 1.73. The molecule has 1 aromatic carbocycles. The zero-order valence-corrected chi connectivity index (χ0v) is 11.3. The van der Waals surface area contributed by atoms with E-state index in [9.17, 15) is 4.79 Å². The van der Waals surface area contributed by atoms with Crippen LogP contribution in [0, 0.1) is 0 Å². The summed E-state index contributed by atoms with van der Waals surface area (Å²) in [5.74, 6) is 5.74. The first kappa shape index (κ1) is 12.6. The normalized spacial score (nSPS) is 16.6. The molecule has 3 rings (SSSR count). The lowest BCUT2D eigenvalue weighted by molar-refractivity contribution is -0.122. The molecule has 6 heteroatoms. The predicted octanol–water partition coefficient (Wildman–Crippen LogP) is 2.27. The van der Waals surface area contributed by atoms with E-state index in [-0.39, 0.29) is 5.91 Å². The van der Waals surface area contributed by atoms with Crippen molar-refractivity contribution >= 4 is 35.0 Å². The van der Waals surface area contributed by atoms with E-state index in [1.807, 2.05) is 47.8 Å². The maximum absolute atomic E-state index is 12.0. The zero-order chi connectivity index (χ0) is 13.9. The molecule has 2 aromatic rings. The smallest absolute Gasteiger partial charge is 0.293 e. The Labute approximate surface area is 120 Å². The summed E-state index contributed by atoms with van der Waals surface area (Å²) in [6.45, 7) is 0. The Morgan fingerprint density at radius 2 is 2.00 bits per heavy atom. The Hall–Kier alpha value is -2.44. The molecular weight excluding hydrogens is 272 g/mol. The quantitative estimate of drug-likeness (QED) is 0.505. The predicted molar refractivity (Wildman–Crippen MR) is 80.8 cm³/mol. The van der Waals surface area contributed by atoms with Crippen molar-refractivity contribution in [3.05, 3.63) is 58.4 Å². The van der Waals surface area contributed by atoms with Crippen LogP contribution in [0.3, 0.4) is 0 Å². The minimum absolute atomic E-state index is 0.322. The molecule has 0 fully saturated rings. The van der Waals surface area contributed by atoms with Crippen LogP contribution in [-0.4, -0.2) is 16.9 Å². The van der Waals surface area contributed by atoms with E-state index in [1.165, 1.54) is 0 Å². The van der Waals surface area contributed by atoms with Crippen LogP contribution in [0.2, 0.25) is 0 Å². The lowest BCUT2D eigenvalue weighted by Gasteiger charge is -2.12. The maximum atomic E-state index is 12.0. The van der Waals surface area contributed by atoms with Crippen LogP contribution >= 0.6 is 11.3 Å². The molecule has 1 aliphatic rings. The molecule has 1 amide bonds. The second-order valence-electron chi connectivity index (χ2n) is 4.15. The Bertz CT molecular complexity index is 676. The van der Waals surface area contributed by atoms with Crippen LogP contribution < -0.4 is 11.2 Å². The molecule has 2 heterocycles. The molecule has 0 spiro atoms. The second kappa shape index (κ2) is 5.28. The maximum Gasteiger partial charge on any atom is 0.293 e. The van der Waals surface area contributed by atoms with Crippen molar-refractivity contribution in [2.75, 3.05) is 5.32 Å². The van der Waals surface area contributed by atoms with E-state index < -0.39 is 0 Å². The highest BCUT2D eigenvalue weighted by Crippen LogP contribution is 2.19. The van der Waals surface area contributed by atoms with Crippen LogP contribution in [0.15, 0.2) is 58.5 Å². The van der Waals surface area contributed by atoms with Gasteiger partial charge in [-0.3, -0.25) is 4.79 Å². The van der Waals surface area contributed by atoms with Gasteiger partial charge in [-0.05, 0) is 29.7 Å². The van der Waals surface area contributed by atoms with Gasteiger partial charge < -0.3 is 5.32 Å². The number of anilines is 1. The summed E-state index contributed by atoms with van der Waals surface area (Å²) in [5.41, 5.74) is 1.15. The number of hydrogen-bond donors (Lipinski definition) is 2. The molecule has 0 radical (unpaired) electrons. The topological polar surface area (TPSA) is 70.7 Å². The first-order valence-electron chi connectivity index (χ1n) is 5.99. The molecule has 0 aliphatic carbocycles. The summed E-state index contributed by atoms with van der Waals surface area (Å²) in [4.78, 5) is 17.2. The largest absolute Gasteiger partial charge is 0.324 e. The molecule has 0 saturated carbocycles. The van der Waals surface area contributed by atoms with Crippen molar-refractivity contribution in [2.24, 2.45) is 10.8 Å². The Morgan fingerprint density at radius 1 is 1.20 bits per heavy atom. The van der Waals surface area contributed by atoms with Crippen molar-refractivity contribution in [3.8, 4) is 0 Å². The average Bonchev–Trinajstić information content (AvgIpc) is 3.06. The van der Waals surface area contributed by atoms with Crippen molar-refractivity contribution in [3.63, 3.8) is 0 Å². The summed E-state index contributed by atoms with van der Waals surface area (Å²) in [6, 6.07) is 13.3. The van der Waals surface area contributed by atoms with E-state index >= 15 is 0 Å². The fourth-order valence-electron chi connectivity index (χ4n) is 1.78. The highest BCUT2D eigenvalue weighted by molar-refractivity contribution is 7.10. The number of thiophene rings is 1. The van der Waals surface area contributed by atoms with E-state index in [0.29, 0.717) is 11.7 Å². The van der Waals surface area contributed by atoms with Crippen LogP contribution in [0.5, 0.6) is 0 Å². The summed E-state index contributed by atoms with van der Waals surface area (Å²) in [7, 11) is 0. The van der Waals surface area contributed by atoms with Crippen molar-refractivity contribution in [1.29, 1.82) is 0 Å². The third kappa shape index (κ3) is 2.47. The third-order valence-electron chi connectivity index (χ3n) is 2.74. The molecular formula is C14H12N4OS.